The van der Waals surface area contributed by atoms with Crippen LogP contribution in [0.1, 0.15) is 23.1 Å². The molecule has 1 atom stereocenters. The Labute approximate surface area is 120 Å². The molecule has 0 bridgehead atoms. The van der Waals surface area contributed by atoms with Gasteiger partial charge >= 0.3 is 0 Å². The zero-order valence-corrected chi connectivity index (χ0v) is 12.5. The molecule has 1 aromatic carbocycles. The predicted molar refractivity (Wildman–Crippen MR) is 75.8 cm³/mol. The van der Waals surface area contributed by atoms with Crippen molar-refractivity contribution in [2.45, 2.75) is 19.4 Å². The lowest BCUT2D eigenvalue weighted by atomic mass is 10.0. The van der Waals surface area contributed by atoms with Gasteiger partial charge in [0.1, 0.15) is 0 Å². The average Bonchev–Trinajstić information content (AvgIpc) is 2.57. The molecule has 0 fully saturated rings. The summed E-state index contributed by atoms with van der Waals surface area (Å²) in [6.45, 7) is 1.94. The Kier molecular flexibility index (Phi) is 4.10. The van der Waals surface area contributed by atoms with Gasteiger partial charge in [-0.1, -0.05) is 33.6 Å². The Morgan fingerprint density at radius 2 is 2.17 bits per heavy atom. The quantitative estimate of drug-likeness (QED) is 0.937. The fraction of sp³-hybridized carbons (Fsp3) is 0.308. The van der Waals surface area contributed by atoms with E-state index in [9.17, 15) is 5.11 Å². The highest BCUT2D eigenvalue weighted by molar-refractivity contribution is 9.10. The number of nitrogens with zero attached hydrogens (tertiary/aromatic N) is 2. The van der Waals surface area contributed by atoms with Gasteiger partial charge in [-0.2, -0.15) is 5.10 Å². The van der Waals surface area contributed by atoms with E-state index in [0.717, 1.165) is 21.4 Å². The molecule has 0 amide bonds. The van der Waals surface area contributed by atoms with Gasteiger partial charge in [-0.05, 0) is 30.7 Å². The lowest BCUT2D eigenvalue weighted by molar-refractivity contribution is 0.175. The number of benzene rings is 1. The van der Waals surface area contributed by atoms with Crippen LogP contribution in [0.3, 0.4) is 0 Å². The molecule has 1 heterocycles. The SMILES string of the molecule is Cc1cc(CC(O)c2ccc(Cl)cc2Br)n(C)n1. The highest BCUT2D eigenvalue weighted by Gasteiger charge is 2.14. The predicted octanol–water partition coefficient (Wildman–Crippen LogP) is 3.42. The van der Waals surface area contributed by atoms with E-state index in [1.54, 1.807) is 16.8 Å². The molecule has 2 aromatic rings. The van der Waals surface area contributed by atoms with Crippen LogP contribution in [0.4, 0.5) is 0 Å². The molecule has 0 aliphatic rings. The Bertz CT molecular complexity index is 568. The van der Waals surface area contributed by atoms with Crippen molar-refractivity contribution in [2.24, 2.45) is 7.05 Å². The third kappa shape index (κ3) is 2.94. The van der Waals surface area contributed by atoms with Crippen molar-refractivity contribution < 1.29 is 5.11 Å². The maximum atomic E-state index is 10.3. The number of aliphatic hydroxyl groups is 1. The van der Waals surface area contributed by atoms with Crippen LogP contribution in [-0.2, 0) is 13.5 Å². The average molecular weight is 330 g/mol. The van der Waals surface area contributed by atoms with Crippen molar-refractivity contribution in [3.8, 4) is 0 Å². The number of aromatic nitrogens is 2. The summed E-state index contributed by atoms with van der Waals surface area (Å²) in [5, 5.41) is 15.2. The van der Waals surface area contributed by atoms with Gasteiger partial charge in [0.2, 0.25) is 0 Å². The molecule has 0 aliphatic heterocycles. The van der Waals surface area contributed by atoms with E-state index in [0.29, 0.717) is 11.4 Å². The Balaban J connectivity index is 2.21. The summed E-state index contributed by atoms with van der Waals surface area (Å²) in [7, 11) is 1.88. The smallest absolute Gasteiger partial charge is 0.0856 e. The van der Waals surface area contributed by atoms with E-state index in [1.165, 1.54) is 0 Å². The van der Waals surface area contributed by atoms with Crippen LogP contribution in [0.25, 0.3) is 0 Å². The first-order valence-electron chi connectivity index (χ1n) is 5.60. The molecular formula is C13H14BrClN2O. The van der Waals surface area contributed by atoms with Crippen LogP contribution < -0.4 is 0 Å². The maximum absolute atomic E-state index is 10.3. The molecule has 1 N–H and O–H groups in total. The van der Waals surface area contributed by atoms with Crippen LogP contribution in [-0.4, -0.2) is 14.9 Å². The summed E-state index contributed by atoms with van der Waals surface area (Å²) in [6, 6.07) is 7.38. The standard InChI is InChI=1S/C13H14BrClN2O/c1-8-5-10(17(2)16-8)7-13(18)11-4-3-9(15)6-12(11)14/h3-6,13,18H,7H2,1-2H3. The van der Waals surface area contributed by atoms with Crippen LogP contribution >= 0.6 is 27.5 Å². The monoisotopic (exact) mass is 328 g/mol. The highest BCUT2D eigenvalue weighted by Crippen LogP contribution is 2.28. The van der Waals surface area contributed by atoms with Crippen molar-refractivity contribution in [2.75, 3.05) is 0 Å². The number of hydrogen-bond acceptors (Lipinski definition) is 2. The van der Waals surface area contributed by atoms with Gasteiger partial charge in [-0.15, -0.1) is 0 Å². The summed E-state index contributed by atoms with van der Waals surface area (Å²) in [4.78, 5) is 0. The van der Waals surface area contributed by atoms with Crippen LogP contribution in [0.15, 0.2) is 28.7 Å². The van der Waals surface area contributed by atoms with Crippen LogP contribution in [0.5, 0.6) is 0 Å². The third-order valence-electron chi connectivity index (χ3n) is 2.82. The van der Waals surface area contributed by atoms with Gasteiger partial charge in [0, 0.05) is 28.7 Å². The fourth-order valence-electron chi connectivity index (χ4n) is 1.94. The molecule has 1 unspecified atom stereocenters. The van der Waals surface area contributed by atoms with Gasteiger partial charge in [0.25, 0.3) is 0 Å². The topological polar surface area (TPSA) is 38.0 Å². The second-order valence-corrected chi connectivity index (χ2v) is 5.58. The molecule has 0 spiro atoms. The lowest BCUT2D eigenvalue weighted by Gasteiger charge is -2.13. The number of aryl methyl sites for hydroxylation is 2. The largest absolute Gasteiger partial charge is 0.388 e. The second kappa shape index (κ2) is 5.43. The van der Waals surface area contributed by atoms with Crippen molar-refractivity contribution in [3.63, 3.8) is 0 Å². The van der Waals surface area contributed by atoms with E-state index in [4.69, 9.17) is 11.6 Å². The molecule has 0 radical (unpaired) electrons. The normalized spacial score (nSPS) is 12.7. The van der Waals surface area contributed by atoms with Gasteiger partial charge in [0.15, 0.2) is 0 Å². The van der Waals surface area contributed by atoms with Crippen molar-refractivity contribution in [1.82, 2.24) is 9.78 Å². The lowest BCUT2D eigenvalue weighted by Crippen LogP contribution is -2.07. The zero-order chi connectivity index (χ0) is 13.3. The van der Waals surface area contributed by atoms with Gasteiger partial charge in [0.05, 0.1) is 11.8 Å². The molecule has 0 saturated carbocycles. The molecule has 96 valence electrons. The van der Waals surface area contributed by atoms with Gasteiger partial charge in [-0.25, -0.2) is 0 Å². The van der Waals surface area contributed by atoms with Crippen molar-refractivity contribution in [1.29, 1.82) is 0 Å². The number of aliphatic hydroxyl groups excluding tert-OH is 1. The van der Waals surface area contributed by atoms with E-state index in [-0.39, 0.29) is 0 Å². The molecule has 5 heteroatoms. The first-order valence-corrected chi connectivity index (χ1v) is 6.77. The van der Waals surface area contributed by atoms with Gasteiger partial charge in [-0.3, -0.25) is 4.68 Å². The van der Waals surface area contributed by atoms with Crippen LogP contribution in [0.2, 0.25) is 5.02 Å². The fourth-order valence-corrected chi connectivity index (χ4v) is 2.88. The third-order valence-corrected chi connectivity index (χ3v) is 3.74. The molecule has 1 aromatic heterocycles. The molecular weight excluding hydrogens is 316 g/mol. The summed E-state index contributed by atoms with van der Waals surface area (Å²) in [6.07, 6.45) is -0.0520. The number of hydrogen-bond donors (Lipinski definition) is 1. The Morgan fingerprint density at radius 1 is 1.44 bits per heavy atom. The maximum Gasteiger partial charge on any atom is 0.0856 e. The second-order valence-electron chi connectivity index (χ2n) is 4.29. The Hall–Kier alpha value is -0.840. The molecule has 18 heavy (non-hydrogen) atoms. The molecule has 0 aliphatic carbocycles. The minimum absolute atomic E-state index is 0.525. The van der Waals surface area contributed by atoms with Crippen molar-refractivity contribution >= 4 is 27.5 Å². The minimum atomic E-state index is -0.577. The van der Waals surface area contributed by atoms with E-state index in [1.807, 2.05) is 26.1 Å². The van der Waals surface area contributed by atoms with E-state index < -0.39 is 6.10 Å². The van der Waals surface area contributed by atoms with Crippen molar-refractivity contribution in [3.05, 3.63) is 50.7 Å². The zero-order valence-electron chi connectivity index (χ0n) is 10.2. The molecule has 2 rings (SSSR count). The number of rotatable bonds is 3. The summed E-state index contributed by atoms with van der Waals surface area (Å²) >= 11 is 9.30. The Morgan fingerprint density at radius 3 is 2.72 bits per heavy atom. The number of halogens is 2. The van der Waals surface area contributed by atoms with Gasteiger partial charge < -0.3 is 5.11 Å². The molecule has 3 nitrogen and oxygen atoms in total. The summed E-state index contributed by atoms with van der Waals surface area (Å²) in [5.41, 5.74) is 2.79. The van der Waals surface area contributed by atoms with E-state index >= 15 is 0 Å². The first kappa shape index (κ1) is 13.6. The minimum Gasteiger partial charge on any atom is -0.388 e. The van der Waals surface area contributed by atoms with Crippen LogP contribution in [0, 0.1) is 6.92 Å². The highest BCUT2D eigenvalue weighted by atomic mass is 79.9. The summed E-state index contributed by atoms with van der Waals surface area (Å²) in [5.74, 6) is 0. The summed E-state index contributed by atoms with van der Waals surface area (Å²) < 4.78 is 2.61. The van der Waals surface area contributed by atoms with E-state index in [2.05, 4.69) is 21.0 Å². The first-order chi connectivity index (χ1) is 8.47. The molecule has 0 saturated heterocycles.